The van der Waals surface area contributed by atoms with Crippen molar-refractivity contribution in [2.45, 2.75) is 0 Å². The molecule has 0 aliphatic rings. The summed E-state index contributed by atoms with van der Waals surface area (Å²) in [6.45, 7) is 0. The monoisotopic (exact) mass is 308 g/mol. The lowest BCUT2D eigenvalue weighted by molar-refractivity contribution is 0.0827. The van der Waals surface area contributed by atoms with E-state index in [0.29, 0.717) is 15.7 Å². The van der Waals surface area contributed by atoms with Gasteiger partial charge in [0.25, 0.3) is 5.91 Å². The van der Waals surface area contributed by atoms with Crippen molar-refractivity contribution in [2.24, 2.45) is 0 Å². The number of halogens is 2. The van der Waals surface area contributed by atoms with Crippen molar-refractivity contribution in [3.8, 4) is 11.8 Å². The smallest absolute Gasteiger partial charge is 0.257 e. The molecule has 1 aromatic heterocycles. The van der Waals surface area contributed by atoms with Crippen LogP contribution in [-0.2, 0) is 0 Å². The molecule has 2 aromatic rings. The third-order valence-corrected chi connectivity index (χ3v) is 3.40. The summed E-state index contributed by atoms with van der Waals surface area (Å²) in [5, 5.41) is 14.1. The summed E-state index contributed by atoms with van der Waals surface area (Å²) < 4.78 is 1.36. The van der Waals surface area contributed by atoms with Gasteiger partial charge in [0.15, 0.2) is 5.69 Å². The van der Waals surface area contributed by atoms with Gasteiger partial charge in [-0.2, -0.15) is 10.4 Å². The van der Waals surface area contributed by atoms with E-state index in [-0.39, 0.29) is 17.2 Å². The van der Waals surface area contributed by atoms with Gasteiger partial charge in [-0.1, -0.05) is 23.2 Å². The van der Waals surface area contributed by atoms with Gasteiger partial charge >= 0.3 is 0 Å². The minimum atomic E-state index is -0.284. The predicted molar refractivity (Wildman–Crippen MR) is 76.3 cm³/mol. The zero-order valence-electron chi connectivity index (χ0n) is 10.8. The molecule has 0 N–H and O–H groups in total. The third-order valence-electron chi connectivity index (χ3n) is 2.66. The van der Waals surface area contributed by atoms with Crippen molar-refractivity contribution in [3.05, 3.63) is 45.7 Å². The normalized spacial score (nSPS) is 10.2. The fraction of sp³-hybridized carbons (Fsp3) is 0.154. The Kier molecular flexibility index (Phi) is 3.98. The average molecular weight is 309 g/mol. The van der Waals surface area contributed by atoms with E-state index in [1.807, 2.05) is 6.07 Å². The maximum absolute atomic E-state index is 12.0. The zero-order chi connectivity index (χ0) is 14.9. The highest BCUT2D eigenvalue weighted by atomic mass is 35.5. The molecule has 7 heteroatoms. The van der Waals surface area contributed by atoms with E-state index in [2.05, 4.69) is 5.10 Å². The van der Waals surface area contributed by atoms with Crippen molar-refractivity contribution in [2.75, 3.05) is 14.1 Å². The van der Waals surface area contributed by atoms with Crippen molar-refractivity contribution < 1.29 is 4.79 Å². The van der Waals surface area contributed by atoms with E-state index in [1.165, 1.54) is 15.8 Å². The lowest BCUT2D eigenvalue weighted by atomic mass is 10.2. The Balaban J connectivity index is 2.56. The largest absolute Gasteiger partial charge is 0.345 e. The molecule has 0 aliphatic heterocycles. The first-order valence-corrected chi connectivity index (χ1v) is 6.36. The number of rotatable bonds is 2. The lowest BCUT2D eigenvalue weighted by Crippen LogP contribution is -2.22. The van der Waals surface area contributed by atoms with E-state index < -0.39 is 0 Å². The number of hydrogen-bond acceptors (Lipinski definition) is 3. The van der Waals surface area contributed by atoms with E-state index in [0.717, 1.165) is 0 Å². The van der Waals surface area contributed by atoms with Crippen LogP contribution in [0.4, 0.5) is 0 Å². The zero-order valence-corrected chi connectivity index (χ0v) is 12.3. The molecule has 0 bridgehead atoms. The van der Waals surface area contributed by atoms with Gasteiger partial charge in [0.1, 0.15) is 6.07 Å². The molecule has 0 atom stereocenters. The maximum atomic E-state index is 12.0. The SMILES string of the molecule is CN(C)C(=O)c1cnn(-c2ccc(Cl)c(Cl)c2)c1C#N. The average Bonchev–Trinajstić information content (AvgIpc) is 2.84. The molecule has 0 fully saturated rings. The van der Waals surface area contributed by atoms with Gasteiger partial charge in [0.05, 0.1) is 27.5 Å². The summed E-state index contributed by atoms with van der Waals surface area (Å²) in [4.78, 5) is 13.4. The molecule has 0 aliphatic carbocycles. The quantitative estimate of drug-likeness (QED) is 0.857. The molecule has 1 heterocycles. The van der Waals surface area contributed by atoms with Crippen LogP contribution in [0.2, 0.25) is 10.0 Å². The number of carbonyl (C=O) groups is 1. The number of amides is 1. The van der Waals surface area contributed by atoms with Crippen LogP contribution in [0.3, 0.4) is 0 Å². The number of aromatic nitrogens is 2. The topological polar surface area (TPSA) is 61.9 Å². The molecule has 0 saturated heterocycles. The summed E-state index contributed by atoms with van der Waals surface area (Å²) in [7, 11) is 3.22. The van der Waals surface area contributed by atoms with Gasteiger partial charge < -0.3 is 4.90 Å². The first-order chi connectivity index (χ1) is 9.45. The Labute approximate surface area is 125 Å². The first-order valence-electron chi connectivity index (χ1n) is 5.61. The third kappa shape index (κ3) is 2.48. The van der Waals surface area contributed by atoms with Gasteiger partial charge in [-0.15, -0.1) is 0 Å². The van der Waals surface area contributed by atoms with Crippen molar-refractivity contribution in [1.82, 2.24) is 14.7 Å². The summed E-state index contributed by atoms with van der Waals surface area (Å²) in [6, 6.07) is 6.85. The first kappa shape index (κ1) is 14.4. The van der Waals surface area contributed by atoms with Crippen LogP contribution < -0.4 is 0 Å². The van der Waals surface area contributed by atoms with E-state index in [4.69, 9.17) is 23.2 Å². The Morgan fingerprint density at radius 3 is 2.60 bits per heavy atom. The number of nitrogens with zero attached hydrogens (tertiary/aromatic N) is 4. The van der Waals surface area contributed by atoms with Crippen LogP contribution >= 0.6 is 23.2 Å². The molecule has 0 radical (unpaired) electrons. The summed E-state index contributed by atoms with van der Waals surface area (Å²) >= 11 is 11.8. The number of carbonyl (C=O) groups excluding carboxylic acids is 1. The van der Waals surface area contributed by atoms with E-state index in [9.17, 15) is 10.1 Å². The molecular formula is C13H10Cl2N4O. The van der Waals surface area contributed by atoms with E-state index >= 15 is 0 Å². The molecule has 1 aromatic carbocycles. The second-order valence-corrected chi connectivity index (χ2v) is 5.04. The molecule has 2 rings (SSSR count). The molecule has 0 saturated carbocycles. The number of hydrogen-bond donors (Lipinski definition) is 0. The molecule has 1 amide bonds. The highest BCUT2D eigenvalue weighted by Gasteiger charge is 2.19. The van der Waals surface area contributed by atoms with Crippen LogP contribution in [0.5, 0.6) is 0 Å². The summed E-state index contributed by atoms with van der Waals surface area (Å²) in [6.07, 6.45) is 1.36. The van der Waals surface area contributed by atoms with Crippen LogP contribution in [0.15, 0.2) is 24.4 Å². The van der Waals surface area contributed by atoms with Gasteiger partial charge in [-0.05, 0) is 18.2 Å². The van der Waals surface area contributed by atoms with Crippen molar-refractivity contribution >= 4 is 29.1 Å². The molecule has 0 unspecified atom stereocenters. The second-order valence-electron chi connectivity index (χ2n) is 4.23. The molecule has 0 spiro atoms. The summed E-state index contributed by atoms with van der Waals surface area (Å²) in [5.74, 6) is -0.284. The van der Waals surface area contributed by atoms with Gasteiger partial charge in [0, 0.05) is 14.1 Å². The molecule has 102 valence electrons. The molecule has 20 heavy (non-hydrogen) atoms. The fourth-order valence-electron chi connectivity index (χ4n) is 1.67. The number of benzene rings is 1. The van der Waals surface area contributed by atoms with Crippen LogP contribution in [0.25, 0.3) is 5.69 Å². The van der Waals surface area contributed by atoms with Crippen LogP contribution in [0.1, 0.15) is 16.1 Å². The second kappa shape index (κ2) is 5.53. The lowest BCUT2D eigenvalue weighted by Gasteiger charge is -2.09. The standard InChI is InChI=1S/C13H10Cl2N4O/c1-18(2)13(20)9-7-17-19(12(9)6-16)8-3-4-10(14)11(15)5-8/h3-5,7H,1-2H3. The highest BCUT2D eigenvalue weighted by Crippen LogP contribution is 2.25. The highest BCUT2D eigenvalue weighted by molar-refractivity contribution is 6.42. The van der Waals surface area contributed by atoms with E-state index in [1.54, 1.807) is 32.3 Å². The Morgan fingerprint density at radius 1 is 1.35 bits per heavy atom. The minimum absolute atomic E-state index is 0.155. The molecule has 5 nitrogen and oxygen atoms in total. The van der Waals surface area contributed by atoms with Gasteiger partial charge in [0.2, 0.25) is 0 Å². The molecular weight excluding hydrogens is 299 g/mol. The van der Waals surface area contributed by atoms with Crippen molar-refractivity contribution in [3.63, 3.8) is 0 Å². The van der Waals surface area contributed by atoms with Gasteiger partial charge in [-0.3, -0.25) is 4.79 Å². The van der Waals surface area contributed by atoms with Gasteiger partial charge in [-0.25, -0.2) is 4.68 Å². The Bertz CT molecular complexity index is 716. The maximum Gasteiger partial charge on any atom is 0.257 e. The van der Waals surface area contributed by atoms with Crippen LogP contribution in [0, 0.1) is 11.3 Å². The van der Waals surface area contributed by atoms with Crippen LogP contribution in [-0.4, -0.2) is 34.7 Å². The number of nitriles is 1. The van der Waals surface area contributed by atoms with Crippen molar-refractivity contribution in [1.29, 1.82) is 5.26 Å². The fourth-order valence-corrected chi connectivity index (χ4v) is 1.96. The minimum Gasteiger partial charge on any atom is -0.345 e. The summed E-state index contributed by atoms with van der Waals surface area (Å²) in [5.41, 5.74) is 0.958. The predicted octanol–water partition coefficient (Wildman–Crippen LogP) is 2.75. The Morgan fingerprint density at radius 2 is 2.05 bits per heavy atom. The Hall–Kier alpha value is -2.03.